The maximum absolute atomic E-state index is 11.8. The number of rotatable bonds is 3. The maximum atomic E-state index is 11.8. The van der Waals surface area contributed by atoms with Gasteiger partial charge in [-0.15, -0.1) is 0 Å². The lowest BCUT2D eigenvalue weighted by atomic mass is 10.2. The molecule has 2 rings (SSSR count). The van der Waals surface area contributed by atoms with E-state index in [1.807, 2.05) is 43.3 Å². The van der Waals surface area contributed by atoms with Crippen LogP contribution in [-0.2, 0) is 0 Å². The summed E-state index contributed by atoms with van der Waals surface area (Å²) in [5, 5.41) is 10.5. The molecule has 1 N–H and O–H groups in total. The van der Waals surface area contributed by atoms with Gasteiger partial charge in [0.15, 0.2) is 0 Å². The monoisotopic (exact) mass is 289 g/mol. The van der Waals surface area contributed by atoms with Crippen molar-refractivity contribution in [2.75, 3.05) is 19.0 Å². The Bertz CT molecular complexity index is 743. The quantitative estimate of drug-likeness (QED) is 0.688. The lowest BCUT2D eigenvalue weighted by molar-refractivity contribution is 0.720. The van der Waals surface area contributed by atoms with Crippen molar-refractivity contribution in [3.63, 3.8) is 0 Å². The smallest absolute Gasteiger partial charge is 0.296 e. The number of aryl methyl sites for hydroxylation is 1. The molecule has 0 bridgehead atoms. The van der Waals surface area contributed by atoms with Gasteiger partial charge in [0.1, 0.15) is 5.69 Å². The fraction of sp³-hybridized carbons (Fsp3) is 0.231. The summed E-state index contributed by atoms with van der Waals surface area (Å²) in [5.74, 6) is 0. The van der Waals surface area contributed by atoms with Crippen LogP contribution in [-0.4, -0.2) is 35.2 Å². The molecule has 0 saturated heterocycles. The fourth-order valence-corrected chi connectivity index (χ4v) is 1.74. The van der Waals surface area contributed by atoms with Gasteiger partial charge in [0.25, 0.3) is 5.56 Å². The second-order valence-electron chi connectivity index (χ2n) is 4.46. The Labute approximate surface area is 121 Å². The molecule has 104 valence electrons. The molecule has 0 radical (unpaired) electrons. The van der Waals surface area contributed by atoms with E-state index < -0.39 is 0 Å². The number of hydrogen-bond donors (Lipinski definition) is 1. The van der Waals surface area contributed by atoms with E-state index in [-0.39, 0.29) is 10.3 Å². The summed E-state index contributed by atoms with van der Waals surface area (Å²) in [6.45, 7) is 1.60. The lowest BCUT2D eigenvalue weighted by Crippen LogP contribution is -2.22. The zero-order chi connectivity index (χ0) is 14.7. The number of H-pyrrole nitrogens is 1. The van der Waals surface area contributed by atoms with Crippen molar-refractivity contribution in [3.8, 4) is 0 Å². The largest absolute Gasteiger partial charge is 0.378 e. The van der Waals surface area contributed by atoms with Crippen molar-refractivity contribution >= 4 is 24.1 Å². The van der Waals surface area contributed by atoms with Crippen LogP contribution in [0.5, 0.6) is 0 Å². The standard InChI is InChI=1S/C13H15N5OS/c1-9-12(19)18(13(20)16-15-9)14-8-10-4-6-11(7-5-10)17(2)3/h4-8H,1-3H3,(H,16,20)/b14-8+. The van der Waals surface area contributed by atoms with E-state index in [9.17, 15) is 4.79 Å². The summed E-state index contributed by atoms with van der Waals surface area (Å²) < 4.78 is 1.29. The summed E-state index contributed by atoms with van der Waals surface area (Å²) in [7, 11) is 3.95. The third kappa shape index (κ3) is 3.00. The number of nitrogens with one attached hydrogen (secondary N) is 1. The normalized spacial score (nSPS) is 10.9. The van der Waals surface area contributed by atoms with E-state index in [2.05, 4.69) is 15.3 Å². The molecule has 0 saturated carbocycles. The van der Waals surface area contributed by atoms with E-state index in [1.54, 1.807) is 13.1 Å². The second kappa shape index (κ2) is 5.79. The molecule has 7 heteroatoms. The molecule has 6 nitrogen and oxygen atoms in total. The number of aromatic amines is 1. The average Bonchev–Trinajstić information content (AvgIpc) is 2.43. The Hall–Kier alpha value is -2.28. The minimum Gasteiger partial charge on any atom is -0.378 e. The molecule has 1 aromatic heterocycles. The van der Waals surface area contributed by atoms with Gasteiger partial charge in [-0.05, 0) is 36.8 Å². The minimum absolute atomic E-state index is 0.168. The van der Waals surface area contributed by atoms with Gasteiger partial charge in [-0.3, -0.25) is 9.89 Å². The van der Waals surface area contributed by atoms with Crippen LogP contribution in [0.25, 0.3) is 0 Å². The Morgan fingerprint density at radius 3 is 2.60 bits per heavy atom. The van der Waals surface area contributed by atoms with E-state index in [1.165, 1.54) is 0 Å². The van der Waals surface area contributed by atoms with Gasteiger partial charge in [0.05, 0.1) is 6.21 Å². The molecular formula is C13H15N5OS. The molecule has 0 aliphatic rings. The third-order valence-corrected chi connectivity index (χ3v) is 3.01. The van der Waals surface area contributed by atoms with Crippen LogP contribution in [0.4, 0.5) is 5.69 Å². The van der Waals surface area contributed by atoms with Crippen molar-refractivity contribution in [3.05, 3.63) is 50.6 Å². The van der Waals surface area contributed by atoms with Crippen molar-refractivity contribution in [1.29, 1.82) is 0 Å². The predicted molar refractivity (Wildman–Crippen MR) is 82.2 cm³/mol. The second-order valence-corrected chi connectivity index (χ2v) is 4.85. The first-order valence-corrected chi connectivity index (χ1v) is 6.40. The highest BCUT2D eigenvalue weighted by atomic mass is 32.1. The number of hydrogen-bond acceptors (Lipinski definition) is 5. The minimum atomic E-state index is -0.324. The van der Waals surface area contributed by atoms with Gasteiger partial charge < -0.3 is 4.90 Å². The van der Waals surface area contributed by atoms with Crippen LogP contribution in [0.3, 0.4) is 0 Å². The van der Waals surface area contributed by atoms with E-state index in [4.69, 9.17) is 12.2 Å². The highest BCUT2D eigenvalue weighted by Crippen LogP contribution is 2.10. The van der Waals surface area contributed by atoms with Gasteiger partial charge in [-0.25, -0.2) is 0 Å². The maximum Gasteiger partial charge on any atom is 0.296 e. The van der Waals surface area contributed by atoms with Crippen LogP contribution < -0.4 is 10.5 Å². The molecule has 0 atom stereocenters. The van der Waals surface area contributed by atoms with Gasteiger partial charge in [0, 0.05) is 19.8 Å². The molecule has 0 spiro atoms. The van der Waals surface area contributed by atoms with Gasteiger partial charge >= 0.3 is 0 Å². The average molecular weight is 289 g/mol. The van der Waals surface area contributed by atoms with Crippen LogP contribution in [0, 0.1) is 11.7 Å². The van der Waals surface area contributed by atoms with Crippen molar-refractivity contribution in [2.24, 2.45) is 5.10 Å². The van der Waals surface area contributed by atoms with Gasteiger partial charge in [0.2, 0.25) is 4.77 Å². The van der Waals surface area contributed by atoms with Crippen molar-refractivity contribution < 1.29 is 0 Å². The number of anilines is 1. The Morgan fingerprint density at radius 2 is 2.00 bits per heavy atom. The summed E-state index contributed by atoms with van der Waals surface area (Å²) >= 11 is 4.99. The zero-order valence-electron chi connectivity index (χ0n) is 11.5. The molecule has 0 amide bonds. The van der Waals surface area contributed by atoms with Crippen LogP contribution in [0.1, 0.15) is 11.3 Å². The molecule has 0 aliphatic heterocycles. The third-order valence-electron chi connectivity index (χ3n) is 2.75. The summed E-state index contributed by atoms with van der Waals surface area (Å²) in [6.07, 6.45) is 1.59. The Kier molecular flexibility index (Phi) is 4.09. The Morgan fingerprint density at radius 1 is 1.35 bits per heavy atom. The molecule has 0 aliphatic carbocycles. The first kappa shape index (κ1) is 14.1. The molecular weight excluding hydrogens is 274 g/mol. The summed E-state index contributed by atoms with van der Waals surface area (Å²) in [5.41, 5.74) is 1.97. The first-order valence-electron chi connectivity index (χ1n) is 5.99. The lowest BCUT2D eigenvalue weighted by Gasteiger charge is -2.11. The SMILES string of the molecule is Cc1n[nH]c(=S)n(/N=C/c2ccc(N(C)C)cc2)c1=O. The van der Waals surface area contributed by atoms with E-state index in [0.717, 1.165) is 15.9 Å². The highest BCUT2D eigenvalue weighted by molar-refractivity contribution is 7.71. The molecule has 0 unspecified atom stereocenters. The van der Waals surface area contributed by atoms with Crippen molar-refractivity contribution in [2.45, 2.75) is 6.92 Å². The summed E-state index contributed by atoms with van der Waals surface area (Å²) in [4.78, 5) is 13.9. The summed E-state index contributed by atoms with van der Waals surface area (Å²) in [6, 6.07) is 7.79. The molecule has 1 aromatic carbocycles. The predicted octanol–water partition coefficient (Wildman–Crippen LogP) is 1.56. The van der Waals surface area contributed by atoms with Gasteiger partial charge in [-0.1, -0.05) is 12.1 Å². The number of nitrogens with zero attached hydrogens (tertiary/aromatic N) is 4. The molecule has 1 heterocycles. The topological polar surface area (TPSA) is 66.3 Å². The highest BCUT2D eigenvalue weighted by Gasteiger charge is 2.01. The van der Waals surface area contributed by atoms with E-state index >= 15 is 0 Å². The molecule has 0 fully saturated rings. The van der Waals surface area contributed by atoms with Crippen molar-refractivity contribution in [1.82, 2.24) is 14.9 Å². The number of benzene rings is 1. The number of aromatic nitrogens is 3. The fourth-order valence-electron chi connectivity index (χ4n) is 1.56. The first-order chi connectivity index (χ1) is 9.49. The van der Waals surface area contributed by atoms with Crippen LogP contribution in [0.15, 0.2) is 34.2 Å². The van der Waals surface area contributed by atoms with E-state index in [0.29, 0.717) is 5.69 Å². The zero-order valence-corrected chi connectivity index (χ0v) is 12.3. The van der Waals surface area contributed by atoms with Crippen LogP contribution >= 0.6 is 12.2 Å². The Balaban J connectivity index is 2.33. The van der Waals surface area contributed by atoms with Gasteiger partial charge in [-0.2, -0.15) is 14.9 Å². The molecule has 2 aromatic rings. The molecule has 20 heavy (non-hydrogen) atoms. The van der Waals surface area contributed by atoms with Crippen LogP contribution in [0.2, 0.25) is 0 Å².